The van der Waals surface area contributed by atoms with Gasteiger partial charge in [0.2, 0.25) is 0 Å². The summed E-state index contributed by atoms with van der Waals surface area (Å²) < 4.78 is 5.97. The first-order chi connectivity index (χ1) is 15.4. The van der Waals surface area contributed by atoms with Gasteiger partial charge >= 0.3 is 0 Å². The van der Waals surface area contributed by atoms with Crippen LogP contribution in [0.25, 0.3) is 17.2 Å². The molecule has 0 atom stereocenters. The molecule has 0 aliphatic carbocycles. The number of rotatable bonds is 10. The van der Waals surface area contributed by atoms with E-state index in [9.17, 15) is 4.79 Å². The Morgan fingerprint density at radius 2 is 1.78 bits per heavy atom. The molecule has 32 heavy (non-hydrogen) atoms. The summed E-state index contributed by atoms with van der Waals surface area (Å²) in [6.07, 6.45) is 7.06. The van der Waals surface area contributed by atoms with Gasteiger partial charge in [-0.2, -0.15) is 0 Å². The molecule has 0 saturated carbocycles. The molecule has 1 heterocycles. The Bertz CT molecular complexity index is 1060. The van der Waals surface area contributed by atoms with E-state index < -0.39 is 0 Å². The van der Waals surface area contributed by atoms with Crippen molar-refractivity contribution in [3.8, 4) is 16.9 Å². The van der Waals surface area contributed by atoms with Gasteiger partial charge in [-0.3, -0.25) is 9.78 Å². The van der Waals surface area contributed by atoms with Crippen LogP contribution in [0, 0.1) is 0 Å². The number of likely N-dealkylation sites (N-methyl/N-ethyl adjacent to an activating group) is 1. The lowest BCUT2D eigenvalue weighted by Crippen LogP contribution is -2.20. The minimum absolute atomic E-state index is 0.0877. The fourth-order valence-electron chi connectivity index (χ4n) is 3.34. The van der Waals surface area contributed by atoms with Crippen LogP contribution in [-0.2, 0) is 6.54 Å². The van der Waals surface area contributed by atoms with E-state index in [-0.39, 0.29) is 5.78 Å². The molecule has 5 nitrogen and oxygen atoms in total. The Hall–Kier alpha value is -3.28. The minimum Gasteiger partial charge on any atom is -0.491 e. The predicted octanol–water partition coefficient (Wildman–Crippen LogP) is 4.65. The van der Waals surface area contributed by atoms with Crippen LogP contribution in [0.15, 0.2) is 73.1 Å². The second-order valence-corrected chi connectivity index (χ2v) is 8.24. The number of carbonyl (C=O) groups is 1. The molecule has 0 N–H and O–H groups in total. The molecule has 0 aliphatic heterocycles. The smallest absolute Gasteiger partial charge is 0.189 e. The minimum atomic E-state index is -0.0877. The number of allylic oxidation sites excluding steroid dienone is 1. The lowest BCUT2D eigenvalue weighted by Gasteiger charge is -2.14. The van der Waals surface area contributed by atoms with Crippen molar-refractivity contribution in [3.05, 3.63) is 89.8 Å². The van der Waals surface area contributed by atoms with Gasteiger partial charge in [-0.1, -0.05) is 42.5 Å². The fourth-order valence-corrected chi connectivity index (χ4v) is 3.34. The topological polar surface area (TPSA) is 45.7 Å². The van der Waals surface area contributed by atoms with Gasteiger partial charge in [-0.15, -0.1) is 0 Å². The van der Waals surface area contributed by atoms with Crippen LogP contribution in [0.2, 0.25) is 0 Å². The summed E-state index contributed by atoms with van der Waals surface area (Å²) in [6, 6.07) is 17.7. The Labute approximate surface area is 191 Å². The monoisotopic (exact) mass is 429 g/mol. The molecule has 0 fully saturated rings. The number of pyridine rings is 1. The van der Waals surface area contributed by atoms with Crippen molar-refractivity contribution in [1.82, 2.24) is 14.8 Å². The molecule has 0 bridgehead atoms. The highest BCUT2D eigenvalue weighted by molar-refractivity contribution is 6.09. The van der Waals surface area contributed by atoms with Gasteiger partial charge in [-0.05, 0) is 69.2 Å². The van der Waals surface area contributed by atoms with Crippen LogP contribution >= 0.6 is 0 Å². The number of aromatic nitrogens is 1. The Morgan fingerprint density at radius 1 is 0.969 bits per heavy atom. The number of carbonyl (C=O) groups excluding carboxylic acids is 1. The standard InChI is InChI=1S/C27H31N3O2/c1-29(2)16-17-32-27-14-12-22(23-10-7-15-28-19-23)18-25(27)26(31)13-11-21-8-5-6-9-24(21)20-30(3)4/h5-15,18-19H,16-17,20H2,1-4H3/b13-11+. The average Bonchev–Trinajstić information content (AvgIpc) is 2.78. The average molecular weight is 430 g/mol. The van der Waals surface area contributed by atoms with Gasteiger partial charge in [0.15, 0.2) is 5.78 Å². The van der Waals surface area contributed by atoms with Crippen molar-refractivity contribution >= 4 is 11.9 Å². The van der Waals surface area contributed by atoms with Crippen molar-refractivity contribution in [2.45, 2.75) is 6.54 Å². The van der Waals surface area contributed by atoms with Crippen LogP contribution in [-0.4, -0.2) is 61.9 Å². The van der Waals surface area contributed by atoms with Crippen LogP contribution in [0.4, 0.5) is 0 Å². The van der Waals surface area contributed by atoms with Gasteiger partial charge < -0.3 is 14.5 Å². The molecule has 0 spiro atoms. The van der Waals surface area contributed by atoms with Gasteiger partial charge in [0.25, 0.3) is 0 Å². The highest BCUT2D eigenvalue weighted by atomic mass is 16.5. The number of benzene rings is 2. The van der Waals surface area contributed by atoms with Crippen molar-refractivity contribution in [2.24, 2.45) is 0 Å². The summed E-state index contributed by atoms with van der Waals surface area (Å²) in [6.45, 7) is 2.09. The summed E-state index contributed by atoms with van der Waals surface area (Å²) in [4.78, 5) is 21.6. The molecular formula is C27H31N3O2. The number of hydrogen-bond acceptors (Lipinski definition) is 5. The van der Waals surface area contributed by atoms with E-state index in [1.54, 1.807) is 18.5 Å². The van der Waals surface area contributed by atoms with Crippen LogP contribution in [0.5, 0.6) is 5.75 Å². The summed E-state index contributed by atoms with van der Waals surface area (Å²) in [5, 5.41) is 0. The molecule has 0 aliphatic rings. The van der Waals surface area contributed by atoms with E-state index in [0.717, 1.165) is 29.8 Å². The number of nitrogens with zero attached hydrogens (tertiary/aromatic N) is 3. The third-order valence-electron chi connectivity index (χ3n) is 4.99. The van der Waals surface area contributed by atoms with Gasteiger partial charge in [0, 0.05) is 31.0 Å². The maximum Gasteiger partial charge on any atom is 0.189 e. The highest BCUT2D eigenvalue weighted by Crippen LogP contribution is 2.27. The van der Waals surface area contributed by atoms with E-state index in [2.05, 4.69) is 16.0 Å². The third-order valence-corrected chi connectivity index (χ3v) is 4.99. The summed E-state index contributed by atoms with van der Waals surface area (Å²) in [5.74, 6) is 0.506. The largest absolute Gasteiger partial charge is 0.491 e. The van der Waals surface area contributed by atoms with Crippen molar-refractivity contribution < 1.29 is 9.53 Å². The molecule has 2 aromatic carbocycles. The SMILES string of the molecule is CN(C)CCOc1ccc(-c2cccnc2)cc1C(=O)/C=C/c1ccccc1CN(C)C. The van der Waals surface area contributed by atoms with E-state index in [4.69, 9.17) is 4.74 Å². The van der Waals surface area contributed by atoms with Crippen molar-refractivity contribution in [2.75, 3.05) is 41.3 Å². The summed E-state index contributed by atoms with van der Waals surface area (Å²) in [5.41, 5.74) is 4.65. The summed E-state index contributed by atoms with van der Waals surface area (Å²) in [7, 11) is 8.06. The molecule has 5 heteroatoms. The Kier molecular flexibility index (Phi) is 8.31. The van der Waals surface area contributed by atoms with Crippen LogP contribution in [0.3, 0.4) is 0 Å². The Balaban J connectivity index is 1.91. The van der Waals surface area contributed by atoms with Gasteiger partial charge in [0.05, 0.1) is 5.56 Å². The normalized spacial score (nSPS) is 11.4. The predicted molar refractivity (Wildman–Crippen MR) is 131 cm³/mol. The number of ether oxygens (including phenoxy) is 1. The summed E-state index contributed by atoms with van der Waals surface area (Å²) >= 11 is 0. The maximum absolute atomic E-state index is 13.2. The van der Waals surface area contributed by atoms with Crippen LogP contribution < -0.4 is 4.74 Å². The first-order valence-corrected chi connectivity index (χ1v) is 10.7. The molecule has 1 aromatic heterocycles. The van der Waals surface area contributed by atoms with Crippen molar-refractivity contribution in [1.29, 1.82) is 0 Å². The second kappa shape index (κ2) is 11.4. The Morgan fingerprint density at radius 3 is 2.50 bits per heavy atom. The third kappa shape index (κ3) is 6.61. The molecule has 166 valence electrons. The van der Waals surface area contributed by atoms with Crippen molar-refractivity contribution in [3.63, 3.8) is 0 Å². The van der Waals surface area contributed by atoms with E-state index in [1.807, 2.05) is 87.7 Å². The molecular weight excluding hydrogens is 398 g/mol. The second-order valence-electron chi connectivity index (χ2n) is 8.24. The number of hydrogen-bond donors (Lipinski definition) is 0. The van der Waals surface area contributed by atoms with Gasteiger partial charge in [-0.25, -0.2) is 0 Å². The zero-order valence-corrected chi connectivity index (χ0v) is 19.3. The molecule has 3 aromatic rings. The molecule has 0 amide bonds. The van der Waals surface area contributed by atoms with E-state index in [1.165, 1.54) is 5.56 Å². The highest BCUT2D eigenvalue weighted by Gasteiger charge is 2.13. The molecule has 3 rings (SSSR count). The fraction of sp³-hybridized carbons (Fsp3) is 0.259. The molecule has 0 unspecified atom stereocenters. The number of ketones is 1. The first kappa shape index (κ1) is 23.4. The zero-order chi connectivity index (χ0) is 22.9. The molecule has 0 radical (unpaired) electrons. The lowest BCUT2D eigenvalue weighted by atomic mass is 10.00. The van der Waals surface area contributed by atoms with Gasteiger partial charge in [0.1, 0.15) is 12.4 Å². The quantitative estimate of drug-likeness (QED) is 0.347. The van der Waals surface area contributed by atoms with E-state index >= 15 is 0 Å². The maximum atomic E-state index is 13.2. The molecule has 0 saturated heterocycles. The zero-order valence-electron chi connectivity index (χ0n) is 19.3. The lowest BCUT2D eigenvalue weighted by molar-refractivity contribution is 0.104. The first-order valence-electron chi connectivity index (χ1n) is 10.7. The van der Waals surface area contributed by atoms with Crippen LogP contribution in [0.1, 0.15) is 21.5 Å². The van der Waals surface area contributed by atoms with E-state index in [0.29, 0.717) is 17.9 Å².